The summed E-state index contributed by atoms with van der Waals surface area (Å²) in [6, 6.07) is 22.3. The van der Waals surface area contributed by atoms with Crippen LogP contribution in [0.4, 0.5) is 5.69 Å². The standard InChI is InChI=1S/C24H19N5/c1-3-11-25-19(8-1)16-29(17-20-9-2-4-12-26-20)22-15-18-7-5-13-27-23(18)24-21(22)10-6-14-28-24/h1-15H,16-17H2. The van der Waals surface area contributed by atoms with Crippen molar-refractivity contribution in [2.45, 2.75) is 13.1 Å². The van der Waals surface area contributed by atoms with E-state index in [0.29, 0.717) is 13.1 Å². The van der Waals surface area contributed by atoms with Gasteiger partial charge in [0.05, 0.1) is 35.5 Å². The molecule has 5 aromatic rings. The second-order valence-corrected chi connectivity index (χ2v) is 6.87. The van der Waals surface area contributed by atoms with Crippen LogP contribution in [0.2, 0.25) is 0 Å². The second-order valence-electron chi connectivity index (χ2n) is 6.87. The number of rotatable bonds is 5. The Hall–Kier alpha value is -3.86. The molecule has 5 rings (SSSR count). The zero-order valence-electron chi connectivity index (χ0n) is 15.8. The Bertz CT molecular complexity index is 1210. The van der Waals surface area contributed by atoms with Crippen LogP contribution in [-0.2, 0) is 13.1 Å². The minimum Gasteiger partial charge on any atom is -0.359 e. The summed E-state index contributed by atoms with van der Waals surface area (Å²) in [6.07, 6.45) is 7.30. The molecule has 0 aliphatic rings. The van der Waals surface area contributed by atoms with Gasteiger partial charge in [-0.1, -0.05) is 18.2 Å². The van der Waals surface area contributed by atoms with E-state index in [0.717, 1.165) is 38.9 Å². The lowest BCUT2D eigenvalue weighted by Gasteiger charge is -2.26. The number of anilines is 1. The van der Waals surface area contributed by atoms with Gasteiger partial charge < -0.3 is 4.90 Å². The molecule has 140 valence electrons. The number of pyridine rings is 4. The molecule has 29 heavy (non-hydrogen) atoms. The van der Waals surface area contributed by atoms with E-state index >= 15 is 0 Å². The quantitative estimate of drug-likeness (QED) is 0.413. The van der Waals surface area contributed by atoms with Gasteiger partial charge in [-0.15, -0.1) is 0 Å². The molecule has 5 nitrogen and oxygen atoms in total. The van der Waals surface area contributed by atoms with E-state index in [-0.39, 0.29) is 0 Å². The van der Waals surface area contributed by atoms with E-state index < -0.39 is 0 Å². The van der Waals surface area contributed by atoms with Crippen LogP contribution in [0.1, 0.15) is 11.4 Å². The molecule has 0 spiro atoms. The van der Waals surface area contributed by atoms with E-state index in [1.54, 1.807) is 0 Å². The second kappa shape index (κ2) is 7.64. The van der Waals surface area contributed by atoms with Gasteiger partial charge in [0.1, 0.15) is 0 Å². The lowest BCUT2D eigenvalue weighted by atomic mass is 10.1. The number of hydrogen-bond donors (Lipinski definition) is 0. The fraction of sp³-hybridized carbons (Fsp3) is 0.0833. The van der Waals surface area contributed by atoms with Gasteiger partial charge in [-0.25, -0.2) is 0 Å². The highest BCUT2D eigenvalue weighted by molar-refractivity contribution is 6.09. The molecule has 0 amide bonds. The summed E-state index contributed by atoms with van der Waals surface area (Å²) < 4.78 is 0. The summed E-state index contributed by atoms with van der Waals surface area (Å²) in [5, 5.41) is 2.14. The fourth-order valence-electron chi connectivity index (χ4n) is 3.62. The fourth-order valence-corrected chi connectivity index (χ4v) is 3.62. The zero-order valence-corrected chi connectivity index (χ0v) is 15.8. The van der Waals surface area contributed by atoms with Gasteiger partial charge in [0.15, 0.2) is 0 Å². The summed E-state index contributed by atoms with van der Waals surface area (Å²) in [4.78, 5) is 20.6. The van der Waals surface area contributed by atoms with Gasteiger partial charge in [-0.2, -0.15) is 0 Å². The van der Waals surface area contributed by atoms with Crippen LogP contribution in [0.3, 0.4) is 0 Å². The Balaban J connectivity index is 1.69. The molecule has 0 atom stereocenters. The third kappa shape index (κ3) is 3.50. The summed E-state index contributed by atoms with van der Waals surface area (Å²) in [6.45, 7) is 1.35. The van der Waals surface area contributed by atoms with Crippen LogP contribution in [0.5, 0.6) is 0 Å². The molecule has 0 unspecified atom stereocenters. The van der Waals surface area contributed by atoms with Crippen molar-refractivity contribution in [2.75, 3.05) is 4.90 Å². The molecule has 0 saturated carbocycles. The molecule has 0 bridgehead atoms. The minimum atomic E-state index is 0.674. The molecule has 4 aromatic heterocycles. The summed E-state index contributed by atoms with van der Waals surface area (Å²) in [5.41, 5.74) is 4.94. The predicted molar refractivity (Wildman–Crippen MR) is 115 cm³/mol. The molecular weight excluding hydrogens is 358 g/mol. The number of hydrogen-bond acceptors (Lipinski definition) is 5. The molecular formula is C24H19N5. The smallest absolute Gasteiger partial charge is 0.0985 e. The highest BCUT2D eigenvalue weighted by Gasteiger charge is 2.16. The van der Waals surface area contributed by atoms with Gasteiger partial charge in [0.2, 0.25) is 0 Å². The lowest BCUT2D eigenvalue weighted by molar-refractivity contribution is 0.768. The van der Waals surface area contributed by atoms with E-state index in [1.807, 2.05) is 61.2 Å². The molecule has 5 heteroatoms. The Morgan fingerprint density at radius 3 is 1.86 bits per heavy atom. The largest absolute Gasteiger partial charge is 0.359 e. The molecule has 4 heterocycles. The van der Waals surface area contributed by atoms with Gasteiger partial charge >= 0.3 is 0 Å². The number of nitrogens with zero attached hydrogens (tertiary/aromatic N) is 5. The maximum atomic E-state index is 4.65. The Morgan fingerprint density at radius 2 is 1.21 bits per heavy atom. The first kappa shape index (κ1) is 17.3. The van der Waals surface area contributed by atoms with Crippen molar-refractivity contribution in [1.82, 2.24) is 19.9 Å². The van der Waals surface area contributed by atoms with Crippen molar-refractivity contribution in [2.24, 2.45) is 0 Å². The van der Waals surface area contributed by atoms with Crippen LogP contribution in [0, 0.1) is 0 Å². The molecule has 1 aromatic carbocycles. The summed E-state index contributed by atoms with van der Waals surface area (Å²) >= 11 is 0. The van der Waals surface area contributed by atoms with Crippen molar-refractivity contribution in [3.8, 4) is 0 Å². The monoisotopic (exact) mass is 377 g/mol. The first-order chi connectivity index (χ1) is 14.4. The van der Waals surface area contributed by atoms with E-state index in [4.69, 9.17) is 0 Å². The Labute approximate surface area is 168 Å². The van der Waals surface area contributed by atoms with Crippen LogP contribution in [-0.4, -0.2) is 19.9 Å². The normalized spacial score (nSPS) is 11.0. The summed E-state index contributed by atoms with van der Waals surface area (Å²) in [5.74, 6) is 0. The molecule has 0 radical (unpaired) electrons. The number of benzene rings is 1. The average molecular weight is 377 g/mol. The van der Waals surface area contributed by atoms with E-state index in [1.165, 1.54) is 0 Å². The van der Waals surface area contributed by atoms with Gasteiger partial charge in [-0.3, -0.25) is 19.9 Å². The Morgan fingerprint density at radius 1 is 0.586 bits per heavy atom. The first-order valence-corrected chi connectivity index (χ1v) is 9.56. The van der Waals surface area contributed by atoms with Crippen molar-refractivity contribution in [1.29, 1.82) is 0 Å². The lowest BCUT2D eigenvalue weighted by Crippen LogP contribution is -2.23. The van der Waals surface area contributed by atoms with Crippen molar-refractivity contribution >= 4 is 27.5 Å². The van der Waals surface area contributed by atoms with Crippen LogP contribution < -0.4 is 4.90 Å². The minimum absolute atomic E-state index is 0.674. The van der Waals surface area contributed by atoms with Crippen molar-refractivity contribution < 1.29 is 0 Å². The van der Waals surface area contributed by atoms with E-state index in [9.17, 15) is 0 Å². The Kier molecular flexibility index (Phi) is 4.54. The maximum absolute atomic E-state index is 4.65. The topological polar surface area (TPSA) is 54.8 Å². The van der Waals surface area contributed by atoms with Crippen LogP contribution in [0.25, 0.3) is 21.8 Å². The van der Waals surface area contributed by atoms with E-state index in [2.05, 4.69) is 55.2 Å². The maximum Gasteiger partial charge on any atom is 0.0985 e. The number of fused-ring (bicyclic) bond motifs is 3. The van der Waals surface area contributed by atoms with Crippen LogP contribution in [0.15, 0.2) is 91.5 Å². The molecule has 0 saturated heterocycles. The predicted octanol–water partition coefficient (Wildman–Crippen LogP) is 4.78. The third-order valence-electron chi connectivity index (χ3n) is 4.94. The molecule has 0 aliphatic carbocycles. The average Bonchev–Trinajstić information content (AvgIpc) is 2.79. The van der Waals surface area contributed by atoms with Gasteiger partial charge in [0.25, 0.3) is 0 Å². The zero-order chi connectivity index (χ0) is 19.5. The van der Waals surface area contributed by atoms with Crippen LogP contribution >= 0.6 is 0 Å². The van der Waals surface area contributed by atoms with Gasteiger partial charge in [0, 0.05) is 41.2 Å². The van der Waals surface area contributed by atoms with Crippen molar-refractivity contribution in [3.63, 3.8) is 0 Å². The SMILES string of the molecule is c1ccc(CN(Cc2ccccn2)c2cc3cccnc3c3ncccc23)nc1. The highest BCUT2D eigenvalue weighted by Crippen LogP contribution is 2.33. The van der Waals surface area contributed by atoms with Crippen molar-refractivity contribution in [3.05, 3.63) is 103 Å². The number of aromatic nitrogens is 4. The first-order valence-electron chi connectivity index (χ1n) is 9.56. The third-order valence-corrected chi connectivity index (χ3v) is 4.94. The molecule has 0 fully saturated rings. The van der Waals surface area contributed by atoms with Gasteiger partial charge in [-0.05, 0) is 48.5 Å². The molecule has 0 aliphatic heterocycles. The molecule has 0 N–H and O–H groups in total. The summed E-state index contributed by atoms with van der Waals surface area (Å²) in [7, 11) is 0. The highest BCUT2D eigenvalue weighted by atomic mass is 15.1.